The third kappa shape index (κ3) is 4.26. The number of nitro benzene ring substituents is 1. The summed E-state index contributed by atoms with van der Waals surface area (Å²) in [7, 11) is 1.30. The van der Waals surface area contributed by atoms with Gasteiger partial charge in [-0.15, -0.1) is 0 Å². The van der Waals surface area contributed by atoms with Crippen molar-refractivity contribution >= 4 is 23.3 Å². The monoisotopic (exact) mass is 360 g/mol. The SMILES string of the molecule is COc1cc([N+](=O)[O-])ccc1NC(=O)[C@H](C)OC(=O)c1ccccc1O. The van der Waals surface area contributed by atoms with Gasteiger partial charge in [0.05, 0.1) is 23.8 Å². The fraction of sp³-hybridized carbons (Fsp3) is 0.176. The summed E-state index contributed by atoms with van der Waals surface area (Å²) in [4.78, 5) is 34.4. The van der Waals surface area contributed by atoms with E-state index in [1.54, 1.807) is 12.1 Å². The minimum absolute atomic E-state index is 0.0694. The van der Waals surface area contributed by atoms with Crippen molar-refractivity contribution in [1.82, 2.24) is 0 Å². The minimum Gasteiger partial charge on any atom is -0.507 e. The summed E-state index contributed by atoms with van der Waals surface area (Å²) in [5.74, 6) is -1.70. The molecule has 26 heavy (non-hydrogen) atoms. The Kier molecular flexibility index (Phi) is 5.74. The number of hydrogen-bond donors (Lipinski definition) is 2. The fourth-order valence-electron chi connectivity index (χ4n) is 2.05. The lowest BCUT2D eigenvalue weighted by Gasteiger charge is -2.15. The number of aromatic hydroxyl groups is 1. The van der Waals surface area contributed by atoms with Crippen LogP contribution < -0.4 is 10.1 Å². The van der Waals surface area contributed by atoms with Gasteiger partial charge in [-0.1, -0.05) is 12.1 Å². The van der Waals surface area contributed by atoms with Crippen molar-refractivity contribution in [2.24, 2.45) is 0 Å². The standard InChI is InChI=1S/C17H16N2O7/c1-10(26-17(22)12-5-3-4-6-14(12)20)16(21)18-13-8-7-11(19(23)24)9-15(13)25-2/h3-10,20H,1-2H3,(H,18,21)/t10-/m0/s1. The zero-order valence-electron chi connectivity index (χ0n) is 14.0. The molecule has 0 aliphatic carbocycles. The number of nitrogens with zero attached hydrogens (tertiary/aromatic N) is 1. The van der Waals surface area contributed by atoms with Crippen LogP contribution in [0.2, 0.25) is 0 Å². The summed E-state index contributed by atoms with van der Waals surface area (Å²) in [6, 6.07) is 9.45. The summed E-state index contributed by atoms with van der Waals surface area (Å²) in [5, 5.41) is 22.9. The van der Waals surface area contributed by atoms with Crippen molar-refractivity contribution < 1.29 is 29.1 Å². The highest BCUT2D eigenvalue weighted by Crippen LogP contribution is 2.29. The maximum absolute atomic E-state index is 12.2. The lowest BCUT2D eigenvalue weighted by molar-refractivity contribution is -0.384. The molecule has 2 aromatic rings. The molecular formula is C17H16N2O7. The number of carbonyl (C=O) groups excluding carboxylic acids is 2. The maximum Gasteiger partial charge on any atom is 0.342 e. The Hall–Kier alpha value is -3.62. The number of para-hydroxylation sites is 1. The van der Waals surface area contributed by atoms with Gasteiger partial charge in [-0.05, 0) is 25.1 Å². The zero-order chi connectivity index (χ0) is 19.3. The van der Waals surface area contributed by atoms with Gasteiger partial charge in [-0.25, -0.2) is 4.79 Å². The molecule has 0 saturated heterocycles. The first-order valence-corrected chi connectivity index (χ1v) is 7.45. The molecule has 0 aliphatic heterocycles. The van der Waals surface area contributed by atoms with E-state index in [-0.39, 0.29) is 28.4 Å². The summed E-state index contributed by atoms with van der Waals surface area (Å²) in [5.41, 5.74) is -0.0764. The Morgan fingerprint density at radius 3 is 2.54 bits per heavy atom. The topological polar surface area (TPSA) is 128 Å². The molecule has 2 N–H and O–H groups in total. The number of benzene rings is 2. The zero-order valence-corrected chi connectivity index (χ0v) is 14.0. The Labute approximate surface area is 148 Å². The summed E-state index contributed by atoms with van der Waals surface area (Å²) in [6.45, 7) is 1.35. The molecule has 0 spiro atoms. The number of nitro groups is 1. The number of non-ortho nitro benzene ring substituents is 1. The van der Waals surface area contributed by atoms with Gasteiger partial charge in [0.15, 0.2) is 6.10 Å². The molecule has 0 radical (unpaired) electrons. The number of amides is 1. The van der Waals surface area contributed by atoms with Crippen LogP contribution in [-0.4, -0.2) is 35.1 Å². The van der Waals surface area contributed by atoms with E-state index in [2.05, 4.69) is 5.32 Å². The minimum atomic E-state index is -1.18. The Balaban J connectivity index is 2.08. The Morgan fingerprint density at radius 1 is 1.23 bits per heavy atom. The molecule has 0 bridgehead atoms. The van der Waals surface area contributed by atoms with Crippen LogP contribution in [0.3, 0.4) is 0 Å². The lowest BCUT2D eigenvalue weighted by Crippen LogP contribution is -2.30. The summed E-state index contributed by atoms with van der Waals surface area (Å²) < 4.78 is 10.0. The molecule has 9 nitrogen and oxygen atoms in total. The number of rotatable bonds is 6. The first kappa shape index (κ1) is 18.7. The molecule has 0 aliphatic rings. The van der Waals surface area contributed by atoms with Crippen molar-refractivity contribution in [2.75, 3.05) is 12.4 Å². The number of methoxy groups -OCH3 is 1. The third-order valence-corrected chi connectivity index (χ3v) is 3.43. The first-order valence-electron chi connectivity index (χ1n) is 7.45. The summed E-state index contributed by atoms with van der Waals surface area (Å²) in [6.07, 6.45) is -1.18. The number of carbonyl (C=O) groups is 2. The molecule has 1 atom stereocenters. The second-order valence-corrected chi connectivity index (χ2v) is 5.20. The number of ether oxygens (including phenoxy) is 2. The molecule has 0 fully saturated rings. The second kappa shape index (κ2) is 7.97. The number of phenols is 1. The number of phenolic OH excluding ortho intramolecular Hbond substituents is 1. The average molecular weight is 360 g/mol. The molecule has 0 unspecified atom stereocenters. The van der Waals surface area contributed by atoms with E-state index in [1.807, 2.05) is 0 Å². The molecular weight excluding hydrogens is 344 g/mol. The van der Waals surface area contributed by atoms with Crippen molar-refractivity contribution in [1.29, 1.82) is 0 Å². The van der Waals surface area contributed by atoms with E-state index in [9.17, 15) is 24.8 Å². The van der Waals surface area contributed by atoms with Crippen molar-refractivity contribution in [2.45, 2.75) is 13.0 Å². The molecule has 9 heteroatoms. The Morgan fingerprint density at radius 2 is 1.92 bits per heavy atom. The quantitative estimate of drug-likeness (QED) is 0.460. The highest BCUT2D eigenvalue weighted by Gasteiger charge is 2.22. The predicted molar refractivity (Wildman–Crippen MR) is 91.3 cm³/mol. The fourth-order valence-corrected chi connectivity index (χ4v) is 2.05. The van der Waals surface area contributed by atoms with Gasteiger partial charge >= 0.3 is 5.97 Å². The second-order valence-electron chi connectivity index (χ2n) is 5.20. The molecule has 1 amide bonds. The van der Waals surface area contributed by atoms with Crippen LogP contribution >= 0.6 is 0 Å². The van der Waals surface area contributed by atoms with Gasteiger partial charge < -0.3 is 19.9 Å². The van der Waals surface area contributed by atoms with E-state index in [0.717, 1.165) is 6.07 Å². The number of nitrogens with one attached hydrogen (secondary N) is 1. The third-order valence-electron chi connectivity index (χ3n) is 3.43. The largest absolute Gasteiger partial charge is 0.507 e. The molecule has 2 rings (SSSR count). The van der Waals surface area contributed by atoms with Crippen LogP contribution in [0.5, 0.6) is 11.5 Å². The maximum atomic E-state index is 12.2. The molecule has 0 aromatic heterocycles. The van der Waals surface area contributed by atoms with Gasteiger partial charge in [-0.3, -0.25) is 14.9 Å². The van der Waals surface area contributed by atoms with E-state index in [1.165, 1.54) is 38.3 Å². The van der Waals surface area contributed by atoms with E-state index in [0.29, 0.717) is 0 Å². The Bertz CT molecular complexity index is 851. The van der Waals surface area contributed by atoms with E-state index < -0.39 is 22.9 Å². The lowest BCUT2D eigenvalue weighted by atomic mass is 10.2. The van der Waals surface area contributed by atoms with Crippen LogP contribution in [0, 0.1) is 10.1 Å². The van der Waals surface area contributed by atoms with Crippen molar-refractivity contribution in [3.8, 4) is 11.5 Å². The highest BCUT2D eigenvalue weighted by molar-refractivity contribution is 5.99. The normalized spacial score (nSPS) is 11.3. The smallest absolute Gasteiger partial charge is 0.342 e. The van der Waals surface area contributed by atoms with Crippen molar-refractivity contribution in [3.63, 3.8) is 0 Å². The predicted octanol–water partition coefficient (Wildman–Crippen LogP) is 2.49. The van der Waals surface area contributed by atoms with Gasteiger partial charge in [0, 0.05) is 6.07 Å². The van der Waals surface area contributed by atoms with Crippen LogP contribution in [0.15, 0.2) is 42.5 Å². The molecule has 2 aromatic carbocycles. The van der Waals surface area contributed by atoms with Crippen LogP contribution in [0.1, 0.15) is 17.3 Å². The van der Waals surface area contributed by atoms with Crippen LogP contribution in [0.25, 0.3) is 0 Å². The average Bonchev–Trinajstić information content (AvgIpc) is 2.61. The number of anilines is 1. The summed E-state index contributed by atoms with van der Waals surface area (Å²) >= 11 is 0. The van der Waals surface area contributed by atoms with Gasteiger partial charge in [0.1, 0.15) is 17.1 Å². The number of esters is 1. The molecule has 0 heterocycles. The number of hydrogen-bond acceptors (Lipinski definition) is 7. The molecule has 0 saturated carbocycles. The highest BCUT2D eigenvalue weighted by atomic mass is 16.6. The van der Waals surface area contributed by atoms with Crippen molar-refractivity contribution in [3.05, 3.63) is 58.1 Å². The van der Waals surface area contributed by atoms with Gasteiger partial charge in [0.25, 0.3) is 11.6 Å². The molecule has 136 valence electrons. The van der Waals surface area contributed by atoms with Crippen LogP contribution in [-0.2, 0) is 9.53 Å². The first-order chi connectivity index (χ1) is 12.3. The van der Waals surface area contributed by atoms with E-state index in [4.69, 9.17) is 9.47 Å². The van der Waals surface area contributed by atoms with Gasteiger partial charge in [0.2, 0.25) is 0 Å². The van der Waals surface area contributed by atoms with E-state index >= 15 is 0 Å². The van der Waals surface area contributed by atoms with Crippen LogP contribution in [0.4, 0.5) is 11.4 Å². The van der Waals surface area contributed by atoms with Gasteiger partial charge in [-0.2, -0.15) is 0 Å².